The highest BCUT2D eigenvalue weighted by Crippen LogP contribution is 2.32. The largest absolute Gasteiger partial charge is 0.361 e. The van der Waals surface area contributed by atoms with Crippen LogP contribution in [0.4, 0.5) is 0 Å². The molecule has 0 spiro atoms. The van der Waals surface area contributed by atoms with Crippen LogP contribution in [0.3, 0.4) is 0 Å². The van der Waals surface area contributed by atoms with Crippen molar-refractivity contribution in [2.24, 2.45) is 16.8 Å². The molecular formula is C16H32N2O. The van der Waals surface area contributed by atoms with Gasteiger partial charge in [-0.25, -0.2) is 0 Å². The van der Waals surface area contributed by atoms with Gasteiger partial charge in [-0.3, -0.25) is 9.89 Å². The Labute approximate surface area is 119 Å². The summed E-state index contributed by atoms with van der Waals surface area (Å²) in [6.45, 7) is 19.5. The van der Waals surface area contributed by atoms with Gasteiger partial charge in [-0.2, -0.15) is 0 Å². The lowest BCUT2D eigenvalue weighted by Crippen LogP contribution is -2.51. The van der Waals surface area contributed by atoms with E-state index in [2.05, 4.69) is 66.5 Å². The fourth-order valence-corrected chi connectivity index (χ4v) is 2.47. The predicted molar refractivity (Wildman–Crippen MR) is 82.8 cm³/mol. The van der Waals surface area contributed by atoms with E-state index in [0.717, 1.165) is 13.2 Å². The van der Waals surface area contributed by atoms with Crippen LogP contribution in [0.25, 0.3) is 0 Å². The van der Waals surface area contributed by atoms with Crippen LogP contribution >= 0.6 is 0 Å². The van der Waals surface area contributed by atoms with Gasteiger partial charge in [0.05, 0.1) is 12.1 Å². The monoisotopic (exact) mass is 268 g/mol. The molecule has 1 aliphatic rings. The molecule has 1 atom stereocenters. The zero-order chi connectivity index (χ0) is 14.8. The van der Waals surface area contributed by atoms with Gasteiger partial charge in [0.15, 0.2) is 0 Å². The number of hydrogen-bond donors (Lipinski definition) is 0. The van der Waals surface area contributed by atoms with Gasteiger partial charge in [0.2, 0.25) is 0 Å². The van der Waals surface area contributed by atoms with Gasteiger partial charge in [0, 0.05) is 18.3 Å². The van der Waals surface area contributed by atoms with Gasteiger partial charge in [-0.1, -0.05) is 27.7 Å². The van der Waals surface area contributed by atoms with Crippen molar-refractivity contribution in [1.82, 2.24) is 4.90 Å². The molecule has 0 aliphatic carbocycles. The first-order valence-electron chi connectivity index (χ1n) is 7.49. The van der Waals surface area contributed by atoms with E-state index in [9.17, 15) is 0 Å². The molecule has 3 heteroatoms. The molecule has 0 amide bonds. The summed E-state index contributed by atoms with van der Waals surface area (Å²) in [5.41, 5.74) is 0.0297. The normalized spacial score (nSPS) is 25.1. The standard InChI is InChI=1S/C16H32N2O/c1-12(2)9-17-15(5,6)10-18-14(13(3)4)19-11-16(18,7)8/h9,12-14H,10-11H2,1-8H3/t14-/m1/s1. The quantitative estimate of drug-likeness (QED) is 0.712. The molecule has 1 fully saturated rings. The van der Waals surface area contributed by atoms with Crippen molar-refractivity contribution < 1.29 is 4.74 Å². The first-order valence-corrected chi connectivity index (χ1v) is 7.49. The Kier molecular flexibility index (Phi) is 5.19. The summed E-state index contributed by atoms with van der Waals surface area (Å²) >= 11 is 0. The SMILES string of the molecule is CC(C)C=NC(C)(C)CN1[C@@H](C(C)C)OCC1(C)C. The molecule has 0 unspecified atom stereocenters. The molecule has 1 rings (SSSR count). The van der Waals surface area contributed by atoms with Gasteiger partial charge < -0.3 is 4.74 Å². The minimum Gasteiger partial charge on any atom is -0.361 e. The molecule has 3 nitrogen and oxygen atoms in total. The van der Waals surface area contributed by atoms with Gasteiger partial charge in [-0.15, -0.1) is 0 Å². The molecule has 112 valence electrons. The van der Waals surface area contributed by atoms with E-state index in [4.69, 9.17) is 9.73 Å². The van der Waals surface area contributed by atoms with Crippen molar-refractivity contribution >= 4 is 6.21 Å². The van der Waals surface area contributed by atoms with E-state index in [1.54, 1.807) is 0 Å². The number of ether oxygens (including phenoxy) is 1. The van der Waals surface area contributed by atoms with Crippen LogP contribution in [-0.4, -0.2) is 41.6 Å². The predicted octanol–water partition coefficient (Wildman–Crippen LogP) is 3.58. The lowest BCUT2D eigenvalue weighted by atomic mass is 9.98. The van der Waals surface area contributed by atoms with E-state index in [0.29, 0.717) is 11.8 Å². The van der Waals surface area contributed by atoms with Crippen LogP contribution in [0.15, 0.2) is 4.99 Å². The minimum absolute atomic E-state index is 0.0671. The third kappa shape index (κ3) is 4.57. The van der Waals surface area contributed by atoms with E-state index in [1.165, 1.54) is 0 Å². The summed E-state index contributed by atoms with van der Waals surface area (Å²) < 4.78 is 5.99. The maximum atomic E-state index is 5.99. The summed E-state index contributed by atoms with van der Waals surface area (Å²) in [7, 11) is 0. The maximum Gasteiger partial charge on any atom is 0.113 e. The highest BCUT2D eigenvalue weighted by molar-refractivity contribution is 5.60. The molecule has 0 radical (unpaired) electrons. The van der Waals surface area contributed by atoms with Crippen LogP contribution in [0, 0.1) is 11.8 Å². The van der Waals surface area contributed by atoms with Crippen molar-refractivity contribution in [1.29, 1.82) is 0 Å². The summed E-state index contributed by atoms with van der Waals surface area (Å²) in [4.78, 5) is 7.24. The molecule has 0 saturated carbocycles. The number of hydrogen-bond acceptors (Lipinski definition) is 3. The molecule has 1 aliphatic heterocycles. The zero-order valence-electron chi connectivity index (χ0n) is 14.0. The Morgan fingerprint density at radius 3 is 2.37 bits per heavy atom. The molecular weight excluding hydrogens is 236 g/mol. The molecule has 19 heavy (non-hydrogen) atoms. The number of nitrogens with zero attached hydrogens (tertiary/aromatic N) is 2. The van der Waals surface area contributed by atoms with Crippen molar-refractivity contribution in [3.05, 3.63) is 0 Å². The smallest absolute Gasteiger partial charge is 0.113 e. The first-order chi connectivity index (χ1) is 8.55. The van der Waals surface area contributed by atoms with Crippen LogP contribution in [0.5, 0.6) is 0 Å². The second-order valence-electron chi connectivity index (χ2n) is 7.72. The number of aliphatic imine (C=N–C) groups is 1. The highest BCUT2D eigenvalue weighted by atomic mass is 16.5. The first kappa shape index (κ1) is 16.6. The lowest BCUT2D eigenvalue weighted by molar-refractivity contribution is -0.0179. The van der Waals surface area contributed by atoms with Gasteiger partial charge in [0.1, 0.15) is 6.23 Å². The minimum atomic E-state index is -0.0671. The van der Waals surface area contributed by atoms with Gasteiger partial charge >= 0.3 is 0 Å². The van der Waals surface area contributed by atoms with Crippen LogP contribution in [-0.2, 0) is 4.74 Å². The fraction of sp³-hybridized carbons (Fsp3) is 0.938. The Morgan fingerprint density at radius 1 is 1.32 bits per heavy atom. The maximum absolute atomic E-state index is 5.99. The second-order valence-corrected chi connectivity index (χ2v) is 7.72. The lowest BCUT2D eigenvalue weighted by Gasteiger charge is -2.39. The Balaban J connectivity index is 2.81. The average Bonchev–Trinajstić information content (AvgIpc) is 2.52. The van der Waals surface area contributed by atoms with Gasteiger partial charge in [-0.05, 0) is 39.5 Å². The van der Waals surface area contributed by atoms with Crippen LogP contribution in [0.2, 0.25) is 0 Å². The highest BCUT2D eigenvalue weighted by Gasteiger charge is 2.43. The third-order valence-electron chi connectivity index (χ3n) is 3.54. The third-order valence-corrected chi connectivity index (χ3v) is 3.54. The summed E-state index contributed by atoms with van der Waals surface area (Å²) in [6, 6.07) is 0. The Bertz CT molecular complexity index is 319. The van der Waals surface area contributed by atoms with Crippen molar-refractivity contribution in [2.45, 2.75) is 72.7 Å². The van der Waals surface area contributed by atoms with E-state index in [-0.39, 0.29) is 17.3 Å². The van der Waals surface area contributed by atoms with E-state index >= 15 is 0 Å². The summed E-state index contributed by atoms with van der Waals surface area (Å²) in [5.74, 6) is 1.01. The Hall–Kier alpha value is -0.410. The number of rotatable bonds is 5. The molecule has 1 saturated heterocycles. The van der Waals surface area contributed by atoms with Crippen molar-refractivity contribution in [2.75, 3.05) is 13.2 Å². The van der Waals surface area contributed by atoms with E-state index in [1.807, 2.05) is 0 Å². The van der Waals surface area contributed by atoms with Crippen LogP contribution < -0.4 is 0 Å². The second kappa shape index (κ2) is 5.92. The molecule has 1 heterocycles. The van der Waals surface area contributed by atoms with Gasteiger partial charge in [0.25, 0.3) is 0 Å². The Morgan fingerprint density at radius 2 is 1.89 bits per heavy atom. The molecule has 0 N–H and O–H groups in total. The molecule has 0 aromatic carbocycles. The molecule has 0 bridgehead atoms. The van der Waals surface area contributed by atoms with Crippen molar-refractivity contribution in [3.63, 3.8) is 0 Å². The summed E-state index contributed by atoms with van der Waals surface area (Å²) in [6.07, 6.45) is 2.28. The molecule has 0 aromatic rings. The fourth-order valence-electron chi connectivity index (χ4n) is 2.47. The van der Waals surface area contributed by atoms with Crippen LogP contribution in [0.1, 0.15) is 55.4 Å². The average molecular weight is 268 g/mol. The zero-order valence-corrected chi connectivity index (χ0v) is 14.0. The van der Waals surface area contributed by atoms with E-state index < -0.39 is 0 Å². The van der Waals surface area contributed by atoms with Crippen molar-refractivity contribution in [3.8, 4) is 0 Å². The molecule has 0 aromatic heterocycles. The topological polar surface area (TPSA) is 24.8 Å². The summed E-state index contributed by atoms with van der Waals surface area (Å²) in [5, 5.41) is 0.